The van der Waals surface area contributed by atoms with Crippen LogP contribution in [0.4, 0.5) is 0 Å². The molecule has 1 aromatic rings. The second-order valence-electron chi connectivity index (χ2n) is 6.81. The molecule has 3 aliphatic rings. The molecule has 5 atom stereocenters. The Hall–Kier alpha value is -1.06. The molecule has 3 heteroatoms. The van der Waals surface area contributed by atoms with Gasteiger partial charge in [-0.25, -0.2) is 0 Å². The maximum absolute atomic E-state index is 5.98. The Labute approximate surface area is 120 Å². The van der Waals surface area contributed by atoms with Crippen LogP contribution in [0.2, 0.25) is 0 Å². The number of nitrogens with one attached hydrogen (secondary N) is 1. The summed E-state index contributed by atoms with van der Waals surface area (Å²) in [6.07, 6.45) is 6.76. The van der Waals surface area contributed by atoms with Gasteiger partial charge >= 0.3 is 0 Å². The van der Waals surface area contributed by atoms with Crippen molar-refractivity contribution in [2.24, 2.45) is 23.6 Å². The minimum Gasteiger partial charge on any atom is -0.493 e. The summed E-state index contributed by atoms with van der Waals surface area (Å²) in [5, 5.41) is 0. The van der Waals surface area contributed by atoms with Crippen molar-refractivity contribution < 1.29 is 4.74 Å². The third-order valence-corrected chi connectivity index (χ3v) is 5.88. The molecule has 0 aromatic heterocycles. The van der Waals surface area contributed by atoms with E-state index in [-0.39, 0.29) is 0 Å². The lowest BCUT2D eigenvalue weighted by Crippen LogP contribution is -2.47. The van der Waals surface area contributed by atoms with Crippen molar-refractivity contribution in [1.29, 1.82) is 0 Å². The Morgan fingerprint density at radius 1 is 1.15 bits per heavy atom. The zero-order chi connectivity index (χ0) is 13.5. The van der Waals surface area contributed by atoms with Crippen LogP contribution >= 0.6 is 0 Å². The van der Waals surface area contributed by atoms with Gasteiger partial charge in [0.1, 0.15) is 5.75 Å². The Bertz CT molecular complexity index is 490. The Balaban J connectivity index is 1.62. The van der Waals surface area contributed by atoms with Gasteiger partial charge in [0.25, 0.3) is 0 Å². The summed E-state index contributed by atoms with van der Waals surface area (Å²) in [6, 6.07) is 8.90. The molecule has 2 saturated carbocycles. The monoisotopic (exact) mass is 272 g/mol. The zero-order valence-electron chi connectivity index (χ0n) is 11.9. The summed E-state index contributed by atoms with van der Waals surface area (Å²) in [7, 11) is 0. The second-order valence-corrected chi connectivity index (χ2v) is 6.81. The smallest absolute Gasteiger partial charge is 0.122 e. The highest BCUT2D eigenvalue weighted by molar-refractivity contribution is 5.39. The van der Waals surface area contributed by atoms with Crippen molar-refractivity contribution in [2.45, 2.75) is 44.1 Å². The van der Waals surface area contributed by atoms with E-state index in [9.17, 15) is 0 Å². The standard InChI is InChI=1S/C17H24N2O/c18-19-17(15-10-11-5-6-12(15)9-11)14-7-8-20-16-4-2-1-3-13(14)16/h1-4,11-12,14-15,17,19H,5-10,18H2. The van der Waals surface area contributed by atoms with E-state index >= 15 is 0 Å². The van der Waals surface area contributed by atoms with Crippen LogP contribution in [-0.2, 0) is 0 Å². The molecule has 1 aromatic carbocycles. The number of hydrazine groups is 1. The van der Waals surface area contributed by atoms with Crippen LogP contribution in [0, 0.1) is 17.8 Å². The SMILES string of the molecule is NNC(C1CCOc2ccccc21)C1CC2CCC1C2. The normalized spacial score (nSPS) is 36.5. The van der Waals surface area contributed by atoms with Crippen LogP contribution in [0.1, 0.15) is 43.6 Å². The van der Waals surface area contributed by atoms with Gasteiger partial charge < -0.3 is 4.74 Å². The van der Waals surface area contributed by atoms with Crippen molar-refractivity contribution in [2.75, 3.05) is 6.61 Å². The predicted molar refractivity (Wildman–Crippen MR) is 79.3 cm³/mol. The molecule has 1 aliphatic heterocycles. The van der Waals surface area contributed by atoms with E-state index in [1.54, 1.807) is 0 Å². The Morgan fingerprint density at radius 2 is 2.05 bits per heavy atom. The van der Waals surface area contributed by atoms with E-state index in [4.69, 9.17) is 10.6 Å². The van der Waals surface area contributed by atoms with Crippen molar-refractivity contribution in [3.8, 4) is 5.75 Å². The molecule has 3 N–H and O–H groups in total. The highest BCUT2D eigenvalue weighted by Gasteiger charge is 2.45. The van der Waals surface area contributed by atoms with Crippen LogP contribution in [0.25, 0.3) is 0 Å². The fourth-order valence-electron chi connectivity index (χ4n) is 5.01. The molecule has 0 amide bonds. The number of para-hydroxylation sites is 1. The molecule has 0 spiro atoms. The summed E-state index contributed by atoms with van der Waals surface area (Å²) in [4.78, 5) is 0. The molecule has 4 rings (SSSR count). The molecule has 0 radical (unpaired) electrons. The lowest BCUT2D eigenvalue weighted by Gasteiger charge is -2.38. The fraction of sp³-hybridized carbons (Fsp3) is 0.647. The summed E-state index contributed by atoms with van der Waals surface area (Å²) in [5.74, 6) is 10.2. The van der Waals surface area contributed by atoms with E-state index in [0.29, 0.717) is 12.0 Å². The lowest BCUT2D eigenvalue weighted by molar-refractivity contribution is 0.182. The van der Waals surface area contributed by atoms with Gasteiger partial charge in [-0.1, -0.05) is 24.6 Å². The van der Waals surface area contributed by atoms with Gasteiger partial charge in [0.2, 0.25) is 0 Å². The van der Waals surface area contributed by atoms with Gasteiger partial charge in [0.15, 0.2) is 0 Å². The van der Waals surface area contributed by atoms with Gasteiger partial charge in [-0.2, -0.15) is 0 Å². The third-order valence-electron chi connectivity index (χ3n) is 5.88. The molecule has 3 nitrogen and oxygen atoms in total. The quantitative estimate of drug-likeness (QED) is 0.657. The van der Waals surface area contributed by atoms with Crippen LogP contribution in [0.3, 0.4) is 0 Å². The van der Waals surface area contributed by atoms with E-state index in [0.717, 1.165) is 36.5 Å². The number of hydrogen-bond acceptors (Lipinski definition) is 3. The second kappa shape index (κ2) is 5.05. The summed E-state index contributed by atoms with van der Waals surface area (Å²) < 4.78 is 5.80. The molecule has 20 heavy (non-hydrogen) atoms. The average Bonchev–Trinajstić information content (AvgIpc) is 3.11. The summed E-state index contributed by atoms with van der Waals surface area (Å²) in [6.45, 7) is 0.820. The van der Waals surface area contributed by atoms with Crippen molar-refractivity contribution >= 4 is 0 Å². The first-order valence-electron chi connectivity index (χ1n) is 8.04. The van der Waals surface area contributed by atoms with Gasteiger partial charge in [-0.05, 0) is 55.1 Å². The molecule has 2 fully saturated rings. The number of benzene rings is 1. The van der Waals surface area contributed by atoms with Crippen LogP contribution in [0.15, 0.2) is 24.3 Å². The molecule has 5 unspecified atom stereocenters. The number of fused-ring (bicyclic) bond motifs is 3. The van der Waals surface area contributed by atoms with Gasteiger partial charge in [0, 0.05) is 12.0 Å². The van der Waals surface area contributed by atoms with E-state index in [1.165, 1.54) is 31.2 Å². The number of nitrogens with two attached hydrogens (primary N) is 1. The largest absolute Gasteiger partial charge is 0.493 e. The van der Waals surface area contributed by atoms with E-state index in [1.807, 2.05) is 0 Å². The Kier molecular flexibility index (Phi) is 3.20. The first-order valence-corrected chi connectivity index (χ1v) is 8.04. The third kappa shape index (κ3) is 1.95. The highest BCUT2D eigenvalue weighted by atomic mass is 16.5. The fourth-order valence-corrected chi connectivity index (χ4v) is 5.01. The Morgan fingerprint density at radius 3 is 2.80 bits per heavy atom. The number of rotatable bonds is 3. The molecular weight excluding hydrogens is 248 g/mol. The van der Waals surface area contributed by atoms with Crippen molar-refractivity contribution in [1.82, 2.24) is 5.43 Å². The molecule has 108 valence electrons. The average molecular weight is 272 g/mol. The lowest BCUT2D eigenvalue weighted by atomic mass is 9.74. The number of ether oxygens (including phenoxy) is 1. The molecule has 1 heterocycles. The minimum absolute atomic E-state index is 0.412. The van der Waals surface area contributed by atoms with Crippen molar-refractivity contribution in [3.05, 3.63) is 29.8 Å². The van der Waals surface area contributed by atoms with Crippen LogP contribution < -0.4 is 16.0 Å². The first kappa shape index (κ1) is 12.7. The van der Waals surface area contributed by atoms with Crippen LogP contribution in [-0.4, -0.2) is 12.6 Å². The summed E-state index contributed by atoms with van der Waals surface area (Å²) in [5.41, 5.74) is 4.54. The zero-order valence-corrected chi connectivity index (χ0v) is 11.9. The van der Waals surface area contributed by atoms with E-state index in [2.05, 4.69) is 29.7 Å². The molecule has 0 saturated heterocycles. The molecular formula is C17H24N2O. The summed E-state index contributed by atoms with van der Waals surface area (Å²) >= 11 is 0. The van der Waals surface area contributed by atoms with Gasteiger partial charge in [0.05, 0.1) is 6.61 Å². The first-order chi connectivity index (χ1) is 9.86. The van der Waals surface area contributed by atoms with E-state index < -0.39 is 0 Å². The molecule has 2 aliphatic carbocycles. The van der Waals surface area contributed by atoms with Crippen molar-refractivity contribution in [3.63, 3.8) is 0 Å². The highest BCUT2D eigenvalue weighted by Crippen LogP contribution is 2.52. The topological polar surface area (TPSA) is 47.3 Å². The maximum atomic E-state index is 5.98. The molecule has 2 bridgehead atoms. The maximum Gasteiger partial charge on any atom is 0.122 e. The minimum atomic E-state index is 0.412. The van der Waals surface area contributed by atoms with Gasteiger partial charge in [-0.3, -0.25) is 11.3 Å². The van der Waals surface area contributed by atoms with Gasteiger partial charge in [-0.15, -0.1) is 0 Å². The predicted octanol–water partition coefficient (Wildman–Crippen LogP) is 2.82. The number of hydrogen-bond donors (Lipinski definition) is 2. The van der Waals surface area contributed by atoms with Crippen LogP contribution in [0.5, 0.6) is 5.75 Å².